The molecule has 12 heteroatoms. The Balaban J connectivity index is 4.91. The lowest BCUT2D eigenvalue weighted by Crippen LogP contribution is -2.49. The molecular formula is C10H11F6NO4S. The van der Waals surface area contributed by atoms with E-state index < -0.39 is 59.0 Å². The minimum Gasteiger partial charge on any atom is -0.461 e. The summed E-state index contributed by atoms with van der Waals surface area (Å²) in [5, 5.41) is -1.12. The minimum atomic E-state index is -5.34. The van der Waals surface area contributed by atoms with Crippen molar-refractivity contribution in [2.24, 2.45) is 0 Å². The topological polar surface area (TPSA) is 72.5 Å². The summed E-state index contributed by atoms with van der Waals surface area (Å²) < 4.78 is 76.9. The smallest absolute Gasteiger partial charge is 0.461 e. The molecule has 0 heterocycles. The highest BCUT2D eigenvalue weighted by atomic mass is 32.2. The Morgan fingerprint density at radius 3 is 1.91 bits per heavy atom. The van der Waals surface area contributed by atoms with Gasteiger partial charge in [0.25, 0.3) is 5.12 Å². The second-order valence-corrected chi connectivity index (χ2v) is 5.10. The standard InChI is InChI=1S/C10H11F6NO4S/c1-4(2)21-6(18)5(17-7(19)9(11,12)13)3-22-8(20)10(14,15)16/h4-5H,3H2,1-2H3,(H,17,19). The maximum atomic E-state index is 12.1. The molecular weight excluding hydrogens is 344 g/mol. The third kappa shape index (κ3) is 7.52. The van der Waals surface area contributed by atoms with Crippen LogP contribution in [0.15, 0.2) is 0 Å². The molecule has 0 aromatic carbocycles. The van der Waals surface area contributed by atoms with Gasteiger partial charge >= 0.3 is 24.2 Å². The van der Waals surface area contributed by atoms with E-state index in [4.69, 9.17) is 0 Å². The zero-order chi connectivity index (χ0) is 17.7. The van der Waals surface area contributed by atoms with Crippen LogP contribution in [0.4, 0.5) is 26.3 Å². The summed E-state index contributed by atoms with van der Waals surface area (Å²) >= 11 is -0.447. The van der Waals surface area contributed by atoms with E-state index in [1.54, 1.807) is 0 Å². The van der Waals surface area contributed by atoms with Gasteiger partial charge in [0.05, 0.1) is 6.10 Å². The molecule has 0 aliphatic heterocycles. The Labute approximate surface area is 124 Å². The van der Waals surface area contributed by atoms with Gasteiger partial charge in [-0.2, -0.15) is 26.3 Å². The van der Waals surface area contributed by atoms with Crippen molar-refractivity contribution >= 4 is 28.8 Å². The first-order valence-corrected chi connectivity index (χ1v) is 6.55. The molecule has 0 saturated heterocycles. The van der Waals surface area contributed by atoms with Gasteiger partial charge in [-0.1, -0.05) is 11.8 Å². The van der Waals surface area contributed by atoms with Gasteiger partial charge in [-0.15, -0.1) is 0 Å². The van der Waals surface area contributed by atoms with Crippen molar-refractivity contribution in [3.63, 3.8) is 0 Å². The van der Waals surface area contributed by atoms with Crippen molar-refractivity contribution in [2.75, 3.05) is 5.75 Å². The molecule has 1 unspecified atom stereocenters. The molecule has 0 aromatic heterocycles. The van der Waals surface area contributed by atoms with Crippen molar-refractivity contribution in [2.45, 2.75) is 38.3 Å². The van der Waals surface area contributed by atoms with Gasteiger partial charge in [0.2, 0.25) is 0 Å². The summed E-state index contributed by atoms with van der Waals surface area (Å²) in [5.74, 6) is -4.96. The predicted molar refractivity (Wildman–Crippen MR) is 62.7 cm³/mol. The van der Waals surface area contributed by atoms with Crippen molar-refractivity contribution in [3.8, 4) is 0 Å². The van der Waals surface area contributed by atoms with Crippen molar-refractivity contribution in [3.05, 3.63) is 0 Å². The molecule has 0 aliphatic rings. The van der Waals surface area contributed by atoms with Crippen LogP contribution >= 0.6 is 11.8 Å². The number of carbonyl (C=O) groups excluding carboxylic acids is 3. The highest BCUT2D eigenvalue weighted by Crippen LogP contribution is 2.24. The second-order valence-electron chi connectivity index (χ2n) is 4.11. The first-order chi connectivity index (χ1) is 9.75. The summed E-state index contributed by atoms with van der Waals surface area (Å²) in [6, 6.07) is -2.05. The van der Waals surface area contributed by atoms with Crippen LogP contribution in [0.1, 0.15) is 13.8 Å². The fourth-order valence-corrected chi connectivity index (χ4v) is 1.67. The highest BCUT2D eigenvalue weighted by molar-refractivity contribution is 8.13. The van der Waals surface area contributed by atoms with Crippen LogP contribution in [0, 0.1) is 0 Å². The lowest BCUT2D eigenvalue weighted by atomic mass is 10.3. The van der Waals surface area contributed by atoms with Gasteiger partial charge in [-0.05, 0) is 13.8 Å². The Morgan fingerprint density at radius 2 is 1.55 bits per heavy atom. The largest absolute Gasteiger partial charge is 0.471 e. The number of alkyl halides is 6. The van der Waals surface area contributed by atoms with Crippen LogP contribution in [0.2, 0.25) is 0 Å². The molecule has 0 aromatic rings. The number of thioether (sulfide) groups is 1. The quantitative estimate of drug-likeness (QED) is 0.602. The maximum absolute atomic E-state index is 12.1. The van der Waals surface area contributed by atoms with E-state index >= 15 is 0 Å². The van der Waals surface area contributed by atoms with Crippen LogP contribution in [-0.2, 0) is 19.1 Å². The Kier molecular flexibility index (Phi) is 7.19. The number of carbonyl (C=O) groups is 3. The number of esters is 1. The molecule has 0 spiro atoms. The van der Waals surface area contributed by atoms with Crippen molar-refractivity contribution in [1.82, 2.24) is 5.32 Å². The lowest BCUT2D eigenvalue weighted by Gasteiger charge is -2.19. The number of ether oxygens (including phenoxy) is 1. The highest BCUT2D eigenvalue weighted by Gasteiger charge is 2.43. The number of halogens is 6. The molecule has 1 N–H and O–H groups in total. The Hall–Kier alpha value is -1.46. The molecule has 1 amide bonds. The zero-order valence-electron chi connectivity index (χ0n) is 11.2. The van der Waals surface area contributed by atoms with Crippen LogP contribution in [0.3, 0.4) is 0 Å². The molecule has 0 saturated carbocycles. The molecule has 0 aliphatic carbocycles. The SMILES string of the molecule is CC(C)OC(=O)C(CSC(=O)C(F)(F)F)NC(=O)C(F)(F)F. The van der Waals surface area contributed by atoms with Crippen molar-refractivity contribution < 1.29 is 45.5 Å². The summed E-state index contributed by atoms with van der Waals surface area (Å²) in [6.07, 6.45) is -11.3. The summed E-state index contributed by atoms with van der Waals surface area (Å²) in [7, 11) is 0. The first-order valence-electron chi connectivity index (χ1n) is 5.57. The van der Waals surface area contributed by atoms with E-state index in [0.29, 0.717) is 0 Å². The average molecular weight is 355 g/mol. The zero-order valence-corrected chi connectivity index (χ0v) is 12.0. The van der Waals surface area contributed by atoms with E-state index in [1.807, 2.05) is 0 Å². The van der Waals surface area contributed by atoms with Crippen LogP contribution in [0.5, 0.6) is 0 Å². The third-order valence-corrected chi connectivity index (χ3v) is 2.81. The molecule has 5 nitrogen and oxygen atoms in total. The molecule has 0 rings (SSSR count). The van der Waals surface area contributed by atoms with Crippen LogP contribution < -0.4 is 5.32 Å². The number of hydrogen-bond donors (Lipinski definition) is 1. The van der Waals surface area contributed by atoms with E-state index in [0.717, 1.165) is 0 Å². The normalized spacial score (nSPS) is 13.7. The minimum absolute atomic E-state index is 0.447. The monoisotopic (exact) mass is 355 g/mol. The molecule has 22 heavy (non-hydrogen) atoms. The lowest BCUT2D eigenvalue weighted by molar-refractivity contribution is -0.176. The number of amides is 1. The second kappa shape index (κ2) is 7.70. The van der Waals surface area contributed by atoms with Gasteiger partial charge in [-0.25, -0.2) is 4.79 Å². The molecule has 0 bridgehead atoms. The summed E-state index contributed by atoms with van der Waals surface area (Å²) in [4.78, 5) is 32.9. The van der Waals surface area contributed by atoms with E-state index in [-0.39, 0.29) is 0 Å². The average Bonchev–Trinajstić information content (AvgIpc) is 2.29. The van der Waals surface area contributed by atoms with Gasteiger partial charge in [0.15, 0.2) is 0 Å². The molecule has 0 fully saturated rings. The first kappa shape index (κ1) is 20.5. The van der Waals surface area contributed by atoms with E-state index in [9.17, 15) is 40.7 Å². The maximum Gasteiger partial charge on any atom is 0.471 e. The number of hydrogen-bond acceptors (Lipinski definition) is 5. The van der Waals surface area contributed by atoms with Crippen LogP contribution in [0.25, 0.3) is 0 Å². The van der Waals surface area contributed by atoms with Crippen LogP contribution in [-0.4, -0.2) is 47.2 Å². The third-order valence-electron chi connectivity index (χ3n) is 1.81. The van der Waals surface area contributed by atoms with E-state index in [1.165, 1.54) is 19.2 Å². The molecule has 1 atom stereocenters. The summed E-state index contributed by atoms with van der Waals surface area (Å²) in [6.45, 7) is 2.68. The van der Waals surface area contributed by atoms with Gasteiger partial charge in [0, 0.05) is 5.75 Å². The predicted octanol–water partition coefficient (Wildman–Crippen LogP) is 1.81. The fourth-order valence-electron chi connectivity index (χ4n) is 0.964. The van der Waals surface area contributed by atoms with Crippen molar-refractivity contribution in [1.29, 1.82) is 0 Å². The van der Waals surface area contributed by atoms with Gasteiger partial charge < -0.3 is 10.1 Å². The van der Waals surface area contributed by atoms with E-state index in [2.05, 4.69) is 4.74 Å². The van der Waals surface area contributed by atoms with Gasteiger partial charge in [0.1, 0.15) is 6.04 Å². The Bertz CT molecular complexity index is 434. The number of rotatable bonds is 5. The fraction of sp³-hybridized carbons (Fsp3) is 0.700. The summed E-state index contributed by atoms with van der Waals surface area (Å²) in [5.41, 5.74) is 0. The molecule has 128 valence electrons. The Morgan fingerprint density at radius 1 is 1.05 bits per heavy atom. The number of nitrogens with one attached hydrogen (secondary N) is 1. The molecule has 0 radical (unpaired) electrons. The van der Waals surface area contributed by atoms with Gasteiger partial charge in [-0.3, -0.25) is 9.59 Å².